The van der Waals surface area contributed by atoms with E-state index in [0.29, 0.717) is 18.7 Å². The van der Waals surface area contributed by atoms with E-state index in [4.69, 9.17) is 14.2 Å². The highest BCUT2D eigenvalue weighted by Crippen LogP contribution is 2.27. The molecule has 0 fully saturated rings. The number of rotatable bonds is 6. The molecule has 0 aliphatic carbocycles. The van der Waals surface area contributed by atoms with E-state index in [1.165, 1.54) is 0 Å². The van der Waals surface area contributed by atoms with E-state index in [2.05, 4.69) is 5.32 Å². The van der Waals surface area contributed by atoms with Crippen molar-refractivity contribution in [2.24, 2.45) is 0 Å². The first-order chi connectivity index (χ1) is 10.8. The summed E-state index contributed by atoms with van der Waals surface area (Å²) in [6.07, 6.45) is -0.400. The van der Waals surface area contributed by atoms with Gasteiger partial charge in [0.15, 0.2) is 6.23 Å². The number of hydrogen-bond donors (Lipinski definition) is 1. The molecule has 2 aromatic rings. The molecular weight excluding hydrogens is 282 g/mol. The first-order valence-corrected chi connectivity index (χ1v) is 7.08. The Morgan fingerprint density at radius 2 is 1.82 bits per heavy atom. The van der Waals surface area contributed by atoms with E-state index in [-0.39, 0.29) is 5.97 Å². The van der Waals surface area contributed by atoms with Gasteiger partial charge in [0.1, 0.15) is 18.1 Å². The van der Waals surface area contributed by atoms with Crippen molar-refractivity contribution in [1.82, 2.24) is 5.32 Å². The molecule has 0 aromatic heterocycles. The molecule has 1 atom stereocenters. The lowest BCUT2D eigenvalue weighted by molar-refractivity contribution is 0.0300. The van der Waals surface area contributed by atoms with Crippen LogP contribution >= 0.6 is 0 Å². The maximum atomic E-state index is 11.7. The van der Waals surface area contributed by atoms with E-state index in [1.807, 2.05) is 42.5 Å². The number of ether oxygens (including phenoxy) is 3. The highest BCUT2D eigenvalue weighted by Gasteiger charge is 2.29. The van der Waals surface area contributed by atoms with Crippen molar-refractivity contribution in [2.75, 3.05) is 20.3 Å². The lowest BCUT2D eigenvalue weighted by Crippen LogP contribution is -2.26. The monoisotopic (exact) mass is 299 g/mol. The number of hydrogen-bond acceptors (Lipinski definition) is 5. The summed E-state index contributed by atoms with van der Waals surface area (Å²) in [5.74, 6) is 1.27. The minimum absolute atomic E-state index is 0.288. The van der Waals surface area contributed by atoms with Gasteiger partial charge in [-0.2, -0.15) is 0 Å². The van der Waals surface area contributed by atoms with Gasteiger partial charge in [0, 0.05) is 12.1 Å². The molecule has 1 N–H and O–H groups in total. The maximum absolute atomic E-state index is 11.7. The standard InChI is InChI=1S/C17H17NO4/c1-20-12-6-8-13(9-7-12)21-11-10-18-16-14-4-2-3-5-15(14)17(19)22-16/h2-9,16,18H,10-11H2,1H3. The largest absolute Gasteiger partial charge is 0.497 e. The first kappa shape index (κ1) is 14.4. The van der Waals surface area contributed by atoms with Crippen LogP contribution in [0.25, 0.3) is 0 Å². The molecule has 2 aromatic carbocycles. The second-order valence-electron chi connectivity index (χ2n) is 4.85. The minimum Gasteiger partial charge on any atom is -0.497 e. The van der Waals surface area contributed by atoms with Gasteiger partial charge >= 0.3 is 5.97 Å². The Morgan fingerprint density at radius 3 is 2.59 bits per heavy atom. The van der Waals surface area contributed by atoms with E-state index >= 15 is 0 Å². The zero-order valence-electron chi connectivity index (χ0n) is 12.2. The Morgan fingerprint density at radius 1 is 1.09 bits per heavy atom. The fourth-order valence-corrected chi connectivity index (χ4v) is 2.33. The van der Waals surface area contributed by atoms with Crippen molar-refractivity contribution < 1.29 is 19.0 Å². The fraction of sp³-hybridized carbons (Fsp3) is 0.235. The van der Waals surface area contributed by atoms with E-state index in [1.54, 1.807) is 13.2 Å². The van der Waals surface area contributed by atoms with Crippen molar-refractivity contribution in [1.29, 1.82) is 0 Å². The predicted octanol–water partition coefficient (Wildman–Crippen LogP) is 2.53. The summed E-state index contributed by atoms with van der Waals surface area (Å²) in [6, 6.07) is 14.8. The number of fused-ring (bicyclic) bond motifs is 1. The van der Waals surface area contributed by atoms with E-state index in [0.717, 1.165) is 17.1 Å². The van der Waals surface area contributed by atoms with Gasteiger partial charge in [-0.15, -0.1) is 0 Å². The summed E-state index contributed by atoms with van der Waals surface area (Å²) >= 11 is 0. The van der Waals surface area contributed by atoms with Gasteiger partial charge in [-0.25, -0.2) is 4.79 Å². The average molecular weight is 299 g/mol. The van der Waals surface area contributed by atoms with E-state index in [9.17, 15) is 4.79 Å². The quantitative estimate of drug-likeness (QED) is 0.656. The molecule has 114 valence electrons. The molecule has 0 saturated heterocycles. The summed E-state index contributed by atoms with van der Waals surface area (Å²) < 4.78 is 16.0. The number of nitrogens with one attached hydrogen (secondary N) is 1. The highest BCUT2D eigenvalue weighted by molar-refractivity contribution is 5.93. The molecule has 1 unspecified atom stereocenters. The maximum Gasteiger partial charge on any atom is 0.340 e. The van der Waals surface area contributed by atoms with Crippen LogP contribution in [-0.2, 0) is 4.74 Å². The van der Waals surface area contributed by atoms with Crippen LogP contribution < -0.4 is 14.8 Å². The smallest absolute Gasteiger partial charge is 0.340 e. The third kappa shape index (κ3) is 3.04. The van der Waals surface area contributed by atoms with Gasteiger partial charge in [-0.1, -0.05) is 18.2 Å². The molecule has 1 heterocycles. The third-order valence-electron chi connectivity index (χ3n) is 3.45. The van der Waals surface area contributed by atoms with Crippen LogP contribution in [0.5, 0.6) is 11.5 Å². The van der Waals surface area contributed by atoms with Crippen LogP contribution in [0.3, 0.4) is 0 Å². The van der Waals surface area contributed by atoms with Crippen LogP contribution in [0.1, 0.15) is 22.1 Å². The Labute approximate surface area is 128 Å². The Kier molecular flexibility index (Phi) is 4.25. The average Bonchev–Trinajstić information content (AvgIpc) is 2.89. The summed E-state index contributed by atoms with van der Waals surface area (Å²) in [4.78, 5) is 11.7. The fourth-order valence-electron chi connectivity index (χ4n) is 2.33. The SMILES string of the molecule is COc1ccc(OCCNC2OC(=O)c3ccccc32)cc1. The van der Waals surface area contributed by atoms with Crippen LogP contribution in [0.4, 0.5) is 0 Å². The molecule has 0 spiro atoms. The molecule has 1 aliphatic rings. The summed E-state index contributed by atoms with van der Waals surface area (Å²) in [5.41, 5.74) is 1.49. The first-order valence-electron chi connectivity index (χ1n) is 7.08. The number of methoxy groups -OCH3 is 1. The van der Waals surface area contributed by atoms with Crippen LogP contribution in [0.2, 0.25) is 0 Å². The number of benzene rings is 2. The van der Waals surface area contributed by atoms with Crippen LogP contribution in [-0.4, -0.2) is 26.2 Å². The van der Waals surface area contributed by atoms with Gasteiger partial charge in [0.2, 0.25) is 0 Å². The second kappa shape index (κ2) is 6.49. The van der Waals surface area contributed by atoms with Crippen molar-refractivity contribution >= 4 is 5.97 Å². The van der Waals surface area contributed by atoms with Crippen LogP contribution in [0, 0.1) is 0 Å². The molecule has 0 radical (unpaired) electrons. The topological polar surface area (TPSA) is 56.8 Å². The molecular formula is C17H17NO4. The molecule has 5 heteroatoms. The number of esters is 1. The van der Waals surface area contributed by atoms with Gasteiger partial charge in [0.05, 0.1) is 12.7 Å². The molecule has 3 rings (SSSR count). The Hall–Kier alpha value is -2.53. The molecule has 5 nitrogen and oxygen atoms in total. The van der Waals surface area contributed by atoms with Gasteiger partial charge in [-0.3, -0.25) is 5.32 Å². The number of carbonyl (C=O) groups is 1. The van der Waals surface area contributed by atoms with Gasteiger partial charge in [-0.05, 0) is 30.3 Å². The molecule has 1 aliphatic heterocycles. The lowest BCUT2D eigenvalue weighted by atomic mass is 10.1. The summed E-state index contributed by atoms with van der Waals surface area (Å²) in [7, 11) is 1.63. The minimum atomic E-state index is -0.400. The third-order valence-corrected chi connectivity index (χ3v) is 3.45. The van der Waals surface area contributed by atoms with Crippen molar-refractivity contribution in [3.05, 3.63) is 59.7 Å². The predicted molar refractivity (Wildman–Crippen MR) is 81.1 cm³/mol. The van der Waals surface area contributed by atoms with Crippen molar-refractivity contribution in [3.8, 4) is 11.5 Å². The number of carbonyl (C=O) groups excluding carboxylic acids is 1. The molecule has 0 amide bonds. The molecule has 22 heavy (non-hydrogen) atoms. The summed E-state index contributed by atoms with van der Waals surface area (Å²) in [6.45, 7) is 1.04. The summed E-state index contributed by atoms with van der Waals surface area (Å²) in [5, 5.41) is 3.17. The second-order valence-corrected chi connectivity index (χ2v) is 4.85. The number of cyclic esters (lactones) is 1. The van der Waals surface area contributed by atoms with Crippen molar-refractivity contribution in [3.63, 3.8) is 0 Å². The van der Waals surface area contributed by atoms with Gasteiger partial charge < -0.3 is 14.2 Å². The Bertz CT molecular complexity index is 654. The van der Waals surface area contributed by atoms with Gasteiger partial charge in [0.25, 0.3) is 0 Å². The molecule has 0 bridgehead atoms. The van der Waals surface area contributed by atoms with Crippen molar-refractivity contribution in [2.45, 2.75) is 6.23 Å². The van der Waals surface area contributed by atoms with Crippen LogP contribution in [0.15, 0.2) is 48.5 Å². The van der Waals surface area contributed by atoms with E-state index < -0.39 is 6.23 Å². The Balaban J connectivity index is 1.49. The lowest BCUT2D eigenvalue weighted by Gasteiger charge is -2.13. The molecule has 0 saturated carbocycles. The highest BCUT2D eigenvalue weighted by atomic mass is 16.6. The normalized spacial score (nSPS) is 16.0. The zero-order chi connectivity index (χ0) is 15.4. The zero-order valence-corrected chi connectivity index (χ0v) is 12.2.